The first-order valence-electron chi connectivity index (χ1n) is 6.99. The molecule has 5 nitrogen and oxygen atoms in total. The molecule has 6 heteroatoms. The molecule has 1 aliphatic heterocycles. The molecule has 0 bridgehead atoms. The highest BCUT2D eigenvalue weighted by Gasteiger charge is 2.12. The van der Waals surface area contributed by atoms with Gasteiger partial charge in [0.25, 0.3) is 5.91 Å². The number of nitrogens with one attached hydrogen (secondary N) is 2. The summed E-state index contributed by atoms with van der Waals surface area (Å²) < 4.78 is 5.30. The molecule has 114 valence electrons. The summed E-state index contributed by atoms with van der Waals surface area (Å²) in [5.74, 6) is -0.0468. The Balaban J connectivity index is 0.00000161. The molecule has 0 aliphatic carbocycles. The summed E-state index contributed by atoms with van der Waals surface area (Å²) in [7, 11) is 0. The Morgan fingerprint density at radius 1 is 1.29 bits per heavy atom. The van der Waals surface area contributed by atoms with Crippen molar-refractivity contribution in [3.8, 4) is 0 Å². The van der Waals surface area contributed by atoms with E-state index < -0.39 is 0 Å². The zero-order chi connectivity index (χ0) is 13.8. The molecule has 1 aromatic heterocycles. The average molecular weight is 310 g/mol. The Bertz CT molecular complexity index is 560. The number of nitrogens with zero attached hydrogens (tertiary/aromatic N) is 1. The van der Waals surface area contributed by atoms with Crippen LogP contribution in [0.1, 0.15) is 10.5 Å². The van der Waals surface area contributed by atoms with Crippen LogP contribution in [0.3, 0.4) is 0 Å². The Morgan fingerprint density at radius 2 is 2.05 bits per heavy atom. The third-order valence-electron chi connectivity index (χ3n) is 3.59. The second kappa shape index (κ2) is 7.45. The number of aromatic amines is 1. The van der Waals surface area contributed by atoms with E-state index in [0.717, 1.165) is 43.8 Å². The van der Waals surface area contributed by atoms with Crippen LogP contribution >= 0.6 is 12.4 Å². The Hall–Kier alpha value is -1.56. The van der Waals surface area contributed by atoms with Gasteiger partial charge in [0.15, 0.2) is 0 Å². The van der Waals surface area contributed by atoms with E-state index in [2.05, 4.69) is 15.2 Å². The largest absolute Gasteiger partial charge is 0.379 e. The fraction of sp³-hybridized carbons (Fsp3) is 0.400. The first-order valence-corrected chi connectivity index (χ1v) is 6.99. The number of morpholine rings is 1. The smallest absolute Gasteiger partial charge is 0.267 e. The highest BCUT2D eigenvalue weighted by Crippen LogP contribution is 2.14. The van der Waals surface area contributed by atoms with Crippen molar-refractivity contribution in [3.63, 3.8) is 0 Å². The fourth-order valence-corrected chi connectivity index (χ4v) is 2.44. The molecule has 1 saturated heterocycles. The van der Waals surface area contributed by atoms with Crippen LogP contribution in [0.2, 0.25) is 0 Å². The van der Waals surface area contributed by atoms with Gasteiger partial charge in [0.2, 0.25) is 0 Å². The number of benzene rings is 1. The summed E-state index contributed by atoms with van der Waals surface area (Å²) in [5.41, 5.74) is 1.61. The van der Waals surface area contributed by atoms with Gasteiger partial charge in [0.1, 0.15) is 5.69 Å². The van der Waals surface area contributed by atoms with Gasteiger partial charge in [0.05, 0.1) is 13.2 Å². The fourth-order valence-electron chi connectivity index (χ4n) is 2.44. The maximum atomic E-state index is 12.1. The van der Waals surface area contributed by atoms with Crippen LogP contribution < -0.4 is 5.32 Å². The maximum Gasteiger partial charge on any atom is 0.267 e. The number of carbonyl (C=O) groups is 1. The number of hydrogen-bond donors (Lipinski definition) is 2. The number of aromatic nitrogens is 1. The normalized spacial score (nSPS) is 15.6. The Morgan fingerprint density at radius 3 is 2.81 bits per heavy atom. The van der Waals surface area contributed by atoms with Gasteiger partial charge in [-0.2, -0.15) is 0 Å². The summed E-state index contributed by atoms with van der Waals surface area (Å²) in [5, 5.41) is 4.02. The van der Waals surface area contributed by atoms with Crippen LogP contribution in [0, 0.1) is 0 Å². The molecule has 0 atom stereocenters. The van der Waals surface area contributed by atoms with E-state index in [0.29, 0.717) is 12.2 Å². The zero-order valence-electron chi connectivity index (χ0n) is 11.8. The summed E-state index contributed by atoms with van der Waals surface area (Å²) in [6.45, 7) is 5.00. The molecule has 0 saturated carbocycles. The average Bonchev–Trinajstić information content (AvgIpc) is 2.92. The van der Waals surface area contributed by atoms with Gasteiger partial charge in [-0.3, -0.25) is 9.69 Å². The zero-order valence-corrected chi connectivity index (χ0v) is 12.6. The maximum absolute atomic E-state index is 12.1. The van der Waals surface area contributed by atoms with Crippen LogP contribution in [0.15, 0.2) is 30.3 Å². The first-order chi connectivity index (χ1) is 9.83. The number of rotatable bonds is 4. The van der Waals surface area contributed by atoms with Crippen molar-refractivity contribution >= 4 is 29.2 Å². The number of carbonyl (C=O) groups excluding carboxylic acids is 1. The van der Waals surface area contributed by atoms with Crippen LogP contribution in [-0.2, 0) is 4.74 Å². The van der Waals surface area contributed by atoms with E-state index in [1.54, 1.807) is 0 Å². The minimum absolute atomic E-state index is 0. The van der Waals surface area contributed by atoms with Crippen molar-refractivity contribution in [2.75, 3.05) is 39.4 Å². The molecule has 0 spiro atoms. The van der Waals surface area contributed by atoms with E-state index in [4.69, 9.17) is 4.74 Å². The molecular weight excluding hydrogens is 290 g/mol. The molecule has 2 N–H and O–H groups in total. The first kappa shape index (κ1) is 15.8. The Labute approximate surface area is 130 Å². The van der Waals surface area contributed by atoms with Gasteiger partial charge < -0.3 is 15.0 Å². The molecule has 1 amide bonds. The van der Waals surface area contributed by atoms with E-state index in [1.165, 1.54) is 0 Å². The lowest BCUT2D eigenvalue weighted by Crippen LogP contribution is -2.41. The number of H-pyrrole nitrogens is 1. The summed E-state index contributed by atoms with van der Waals surface area (Å²) in [6, 6.07) is 9.78. The number of para-hydroxylation sites is 1. The summed E-state index contributed by atoms with van der Waals surface area (Å²) in [6.07, 6.45) is 0. The SMILES string of the molecule is Cl.O=C(NCCN1CCOCC1)c1cc2ccccc2[nH]1. The molecule has 2 aromatic rings. The van der Waals surface area contributed by atoms with Crippen LogP contribution in [0.5, 0.6) is 0 Å². The Kier molecular flexibility index (Phi) is 5.61. The second-order valence-corrected chi connectivity index (χ2v) is 4.98. The molecule has 1 aromatic carbocycles. The van der Waals surface area contributed by atoms with Crippen molar-refractivity contribution in [3.05, 3.63) is 36.0 Å². The second-order valence-electron chi connectivity index (χ2n) is 4.98. The molecule has 3 rings (SSSR count). The minimum Gasteiger partial charge on any atom is -0.379 e. The highest BCUT2D eigenvalue weighted by atomic mass is 35.5. The summed E-state index contributed by atoms with van der Waals surface area (Å²) >= 11 is 0. The van der Waals surface area contributed by atoms with Crippen molar-refractivity contribution < 1.29 is 9.53 Å². The van der Waals surface area contributed by atoms with Gasteiger partial charge in [-0.25, -0.2) is 0 Å². The van der Waals surface area contributed by atoms with Crippen molar-refractivity contribution in [1.82, 2.24) is 15.2 Å². The van der Waals surface area contributed by atoms with Crippen molar-refractivity contribution in [1.29, 1.82) is 0 Å². The quantitative estimate of drug-likeness (QED) is 0.903. The van der Waals surface area contributed by atoms with Gasteiger partial charge in [-0.05, 0) is 12.1 Å². The topological polar surface area (TPSA) is 57.4 Å². The highest BCUT2D eigenvalue weighted by molar-refractivity contribution is 5.97. The van der Waals surface area contributed by atoms with E-state index in [1.807, 2.05) is 30.3 Å². The molecule has 1 aliphatic rings. The van der Waals surface area contributed by atoms with Gasteiger partial charge in [-0.15, -0.1) is 12.4 Å². The van der Waals surface area contributed by atoms with Crippen LogP contribution in [0.4, 0.5) is 0 Å². The number of hydrogen-bond acceptors (Lipinski definition) is 3. The third-order valence-corrected chi connectivity index (χ3v) is 3.59. The molecule has 2 heterocycles. The van der Waals surface area contributed by atoms with E-state index in [-0.39, 0.29) is 18.3 Å². The van der Waals surface area contributed by atoms with Gasteiger partial charge in [0, 0.05) is 37.1 Å². The molecule has 21 heavy (non-hydrogen) atoms. The third kappa shape index (κ3) is 3.97. The molecule has 1 fully saturated rings. The minimum atomic E-state index is -0.0468. The number of fused-ring (bicyclic) bond motifs is 1. The van der Waals surface area contributed by atoms with E-state index >= 15 is 0 Å². The summed E-state index contributed by atoms with van der Waals surface area (Å²) in [4.78, 5) is 17.5. The number of halogens is 1. The van der Waals surface area contributed by atoms with Crippen LogP contribution in [-0.4, -0.2) is 55.2 Å². The standard InChI is InChI=1S/C15H19N3O2.ClH/c19-15(16-5-6-18-7-9-20-10-8-18)14-11-12-3-1-2-4-13(12)17-14;/h1-4,11,17H,5-10H2,(H,16,19);1H. The lowest BCUT2D eigenvalue weighted by atomic mass is 10.2. The number of ether oxygens (including phenoxy) is 1. The molecular formula is C15H20ClN3O2. The monoisotopic (exact) mass is 309 g/mol. The number of amides is 1. The van der Waals surface area contributed by atoms with Crippen molar-refractivity contribution in [2.24, 2.45) is 0 Å². The van der Waals surface area contributed by atoms with Crippen molar-refractivity contribution in [2.45, 2.75) is 0 Å². The molecule has 0 unspecified atom stereocenters. The molecule has 0 radical (unpaired) electrons. The van der Waals surface area contributed by atoms with Gasteiger partial charge in [-0.1, -0.05) is 18.2 Å². The van der Waals surface area contributed by atoms with Gasteiger partial charge >= 0.3 is 0 Å². The van der Waals surface area contributed by atoms with Crippen LogP contribution in [0.25, 0.3) is 10.9 Å². The predicted octanol–water partition coefficient (Wildman–Crippen LogP) is 1.65. The van der Waals surface area contributed by atoms with E-state index in [9.17, 15) is 4.79 Å². The lowest BCUT2D eigenvalue weighted by Gasteiger charge is -2.26. The predicted molar refractivity (Wildman–Crippen MR) is 85.1 cm³/mol. The lowest BCUT2D eigenvalue weighted by molar-refractivity contribution is 0.0383.